The summed E-state index contributed by atoms with van der Waals surface area (Å²) in [4.78, 5) is 10.4. The summed E-state index contributed by atoms with van der Waals surface area (Å²) in [6, 6.07) is 2.01. The molecule has 1 aliphatic rings. The van der Waals surface area contributed by atoms with Gasteiger partial charge in [-0.2, -0.15) is 0 Å². The van der Waals surface area contributed by atoms with E-state index in [2.05, 4.69) is 25.3 Å². The Morgan fingerprint density at radius 3 is 3.00 bits per heavy atom. The number of hydrogen-bond donors (Lipinski definition) is 1. The summed E-state index contributed by atoms with van der Waals surface area (Å²) in [6.07, 6.45) is 2.97. The molecule has 6 nitrogen and oxygen atoms in total. The molecular formula is C15H20FN5O. The largest absolute Gasteiger partial charge is 0.368 e. The van der Waals surface area contributed by atoms with E-state index in [1.807, 2.05) is 19.9 Å². The van der Waals surface area contributed by atoms with Crippen molar-refractivity contribution in [2.45, 2.75) is 39.0 Å². The predicted molar refractivity (Wildman–Crippen MR) is 80.2 cm³/mol. The summed E-state index contributed by atoms with van der Waals surface area (Å²) >= 11 is 0. The van der Waals surface area contributed by atoms with Crippen molar-refractivity contribution in [3.63, 3.8) is 0 Å². The van der Waals surface area contributed by atoms with E-state index in [4.69, 9.17) is 4.52 Å². The van der Waals surface area contributed by atoms with Gasteiger partial charge in [-0.25, -0.2) is 14.4 Å². The Morgan fingerprint density at radius 2 is 2.27 bits per heavy atom. The number of aryl methyl sites for hydroxylation is 2. The number of aromatic nitrogens is 3. The average Bonchev–Trinajstić information content (AvgIpc) is 3.04. The number of hydrogen-bond acceptors (Lipinski definition) is 6. The van der Waals surface area contributed by atoms with Crippen LogP contribution in [0.5, 0.6) is 0 Å². The highest BCUT2D eigenvalue weighted by Crippen LogP contribution is 2.24. The zero-order valence-corrected chi connectivity index (χ0v) is 12.8. The number of halogens is 1. The molecule has 7 heteroatoms. The number of nitrogens with one attached hydrogen (secondary N) is 1. The summed E-state index contributed by atoms with van der Waals surface area (Å²) in [5.41, 5.74) is 1.92. The molecule has 3 rings (SSSR count). The molecule has 22 heavy (non-hydrogen) atoms. The minimum Gasteiger partial charge on any atom is -0.368 e. The molecule has 2 aromatic heterocycles. The molecule has 0 amide bonds. The van der Waals surface area contributed by atoms with Gasteiger partial charge in [0, 0.05) is 43.0 Å². The SMILES string of the molecule is Cc1cc(NC[C@@H]2C[C@H](F)CN2Cc2cnoc2C)ncn1. The highest BCUT2D eigenvalue weighted by atomic mass is 19.1. The zero-order valence-electron chi connectivity index (χ0n) is 12.8. The van der Waals surface area contributed by atoms with E-state index in [9.17, 15) is 4.39 Å². The lowest BCUT2D eigenvalue weighted by Crippen LogP contribution is -2.34. The van der Waals surface area contributed by atoms with Gasteiger partial charge >= 0.3 is 0 Å². The minimum absolute atomic E-state index is 0.125. The summed E-state index contributed by atoms with van der Waals surface area (Å²) in [6.45, 7) is 5.55. The molecule has 1 aliphatic heterocycles. The molecule has 0 radical (unpaired) electrons. The third-order valence-corrected chi connectivity index (χ3v) is 4.02. The molecule has 3 heterocycles. The van der Waals surface area contributed by atoms with Crippen molar-refractivity contribution in [2.75, 3.05) is 18.4 Å². The van der Waals surface area contributed by atoms with E-state index in [1.54, 1.807) is 6.20 Å². The Kier molecular flexibility index (Phi) is 4.33. The first kappa shape index (κ1) is 14.9. The van der Waals surface area contributed by atoms with Crippen LogP contribution in [0.3, 0.4) is 0 Å². The van der Waals surface area contributed by atoms with E-state index in [1.165, 1.54) is 6.33 Å². The molecule has 0 bridgehead atoms. The van der Waals surface area contributed by atoms with Crippen molar-refractivity contribution in [3.05, 3.63) is 35.6 Å². The van der Waals surface area contributed by atoms with Crippen LogP contribution in [-0.2, 0) is 6.54 Å². The molecule has 118 valence electrons. The summed E-state index contributed by atoms with van der Waals surface area (Å²) in [5.74, 6) is 1.57. The summed E-state index contributed by atoms with van der Waals surface area (Å²) in [7, 11) is 0. The highest BCUT2D eigenvalue weighted by Gasteiger charge is 2.32. The van der Waals surface area contributed by atoms with Crippen molar-refractivity contribution in [1.29, 1.82) is 0 Å². The number of anilines is 1. The molecule has 0 unspecified atom stereocenters. The lowest BCUT2D eigenvalue weighted by molar-refractivity contribution is 0.240. The molecule has 2 atom stereocenters. The molecule has 0 saturated carbocycles. The summed E-state index contributed by atoms with van der Waals surface area (Å²) in [5, 5.41) is 7.06. The van der Waals surface area contributed by atoms with E-state index >= 15 is 0 Å². The first-order chi connectivity index (χ1) is 10.6. The maximum absolute atomic E-state index is 13.8. The maximum Gasteiger partial charge on any atom is 0.138 e. The van der Waals surface area contributed by atoms with Crippen LogP contribution in [0.4, 0.5) is 10.2 Å². The first-order valence-corrected chi connectivity index (χ1v) is 7.42. The second-order valence-corrected chi connectivity index (χ2v) is 5.75. The zero-order chi connectivity index (χ0) is 15.5. The van der Waals surface area contributed by atoms with Crippen molar-refractivity contribution < 1.29 is 8.91 Å². The third-order valence-electron chi connectivity index (χ3n) is 4.02. The summed E-state index contributed by atoms with van der Waals surface area (Å²) < 4.78 is 18.9. The predicted octanol–water partition coefficient (Wildman–Crippen LogP) is 2.11. The van der Waals surface area contributed by atoms with Crippen molar-refractivity contribution in [2.24, 2.45) is 0 Å². The van der Waals surface area contributed by atoms with Gasteiger partial charge in [0.15, 0.2) is 0 Å². The van der Waals surface area contributed by atoms with Crippen LogP contribution in [0, 0.1) is 13.8 Å². The van der Waals surface area contributed by atoms with E-state index in [-0.39, 0.29) is 6.04 Å². The quantitative estimate of drug-likeness (QED) is 0.912. The van der Waals surface area contributed by atoms with Crippen LogP contribution in [0.15, 0.2) is 23.1 Å². The fraction of sp³-hybridized carbons (Fsp3) is 0.533. The number of alkyl halides is 1. The molecule has 1 saturated heterocycles. The van der Waals surface area contributed by atoms with Crippen LogP contribution in [0.2, 0.25) is 0 Å². The molecule has 0 aromatic carbocycles. The molecule has 0 spiro atoms. The topological polar surface area (TPSA) is 67.1 Å². The minimum atomic E-state index is -0.792. The van der Waals surface area contributed by atoms with Gasteiger partial charge in [0.25, 0.3) is 0 Å². The van der Waals surface area contributed by atoms with Crippen LogP contribution in [0.1, 0.15) is 23.4 Å². The Labute approximate surface area is 128 Å². The van der Waals surface area contributed by atoms with Crippen LogP contribution >= 0.6 is 0 Å². The van der Waals surface area contributed by atoms with Crippen molar-refractivity contribution in [1.82, 2.24) is 20.0 Å². The second-order valence-electron chi connectivity index (χ2n) is 5.75. The Morgan fingerprint density at radius 1 is 1.41 bits per heavy atom. The molecular weight excluding hydrogens is 285 g/mol. The Bertz CT molecular complexity index is 632. The smallest absolute Gasteiger partial charge is 0.138 e. The van der Waals surface area contributed by atoms with Gasteiger partial charge in [-0.1, -0.05) is 5.16 Å². The fourth-order valence-corrected chi connectivity index (χ4v) is 2.79. The maximum atomic E-state index is 13.8. The molecule has 0 aliphatic carbocycles. The van der Waals surface area contributed by atoms with Gasteiger partial charge in [-0.15, -0.1) is 0 Å². The van der Waals surface area contributed by atoms with Crippen LogP contribution in [0.25, 0.3) is 0 Å². The Hall–Kier alpha value is -2.02. The number of likely N-dealkylation sites (tertiary alicyclic amines) is 1. The van der Waals surface area contributed by atoms with Crippen LogP contribution < -0.4 is 5.32 Å². The molecule has 2 aromatic rings. The number of rotatable bonds is 5. The first-order valence-electron chi connectivity index (χ1n) is 7.42. The van der Waals surface area contributed by atoms with Crippen molar-refractivity contribution >= 4 is 5.82 Å². The monoisotopic (exact) mass is 305 g/mol. The highest BCUT2D eigenvalue weighted by molar-refractivity contribution is 5.34. The average molecular weight is 305 g/mol. The van der Waals surface area contributed by atoms with Gasteiger partial charge in [0.1, 0.15) is 24.1 Å². The van der Waals surface area contributed by atoms with Gasteiger partial charge in [0.05, 0.1) is 6.20 Å². The van der Waals surface area contributed by atoms with Crippen molar-refractivity contribution in [3.8, 4) is 0 Å². The van der Waals surface area contributed by atoms with Gasteiger partial charge < -0.3 is 9.84 Å². The van der Waals surface area contributed by atoms with Gasteiger partial charge in [0.2, 0.25) is 0 Å². The van der Waals surface area contributed by atoms with E-state index in [0.29, 0.717) is 26.1 Å². The van der Waals surface area contributed by atoms with E-state index < -0.39 is 6.17 Å². The number of nitrogens with zero attached hydrogens (tertiary/aromatic N) is 4. The normalized spacial score (nSPS) is 22.1. The van der Waals surface area contributed by atoms with Gasteiger partial charge in [-0.3, -0.25) is 4.90 Å². The van der Waals surface area contributed by atoms with Gasteiger partial charge in [-0.05, 0) is 20.3 Å². The standard InChI is InChI=1S/C15H20FN5O/c1-10-3-15(19-9-18-10)17-6-14-4-13(16)8-21(14)7-12-5-20-22-11(12)2/h3,5,9,13-14H,4,6-8H2,1-2H3,(H,17,18,19)/t13-,14-/m0/s1. The van der Waals surface area contributed by atoms with Crippen LogP contribution in [-0.4, -0.2) is 45.3 Å². The fourth-order valence-electron chi connectivity index (χ4n) is 2.79. The Balaban J connectivity index is 1.62. The third kappa shape index (κ3) is 3.41. The molecule has 1 fully saturated rings. The second kappa shape index (κ2) is 6.39. The van der Waals surface area contributed by atoms with E-state index in [0.717, 1.165) is 22.8 Å². The lowest BCUT2D eigenvalue weighted by Gasteiger charge is -2.24. The lowest BCUT2D eigenvalue weighted by atomic mass is 10.2. The molecule has 1 N–H and O–H groups in total.